The van der Waals surface area contributed by atoms with Gasteiger partial charge in [0.25, 0.3) is 0 Å². The van der Waals surface area contributed by atoms with Gasteiger partial charge in [0.15, 0.2) is 0 Å². The zero-order valence-corrected chi connectivity index (χ0v) is 10.6. The molecule has 1 saturated heterocycles. The van der Waals surface area contributed by atoms with Gasteiger partial charge in [-0.2, -0.15) is 0 Å². The Morgan fingerprint density at radius 2 is 2.28 bits per heavy atom. The van der Waals surface area contributed by atoms with Gasteiger partial charge in [-0.1, -0.05) is 6.07 Å². The van der Waals surface area contributed by atoms with Crippen LogP contribution in [0.25, 0.3) is 0 Å². The van der Waals surface area contributed by atoms with Crippen molar-refractivity contribution in [1.29, 1.82) is 0 Å². The molecular weight excluding hydrogens is 255 g/mol. The van der Waals surface area contributed by atoms with Crippen molar-refractivity contribution in [2.75, 3.05) is 29.9 Å². The van der Waals surface area contributed by atoms with Gasteiger partial charge in [0.2, 0.25) is 5.91 Å². The quantitative estimate of drug-likeness (QED) is 0.829. The van der Waals surface area contributed by atoms with Gasteiger partial charge in [0.05, 0.1) is 0 Å². The summed E-state index contributed by atoms with van der Waals surface area (Å²) >= 11 is 0. The molecule has 0 aliphatic carbocycles. The summed E-state index contributed by atoms with van der Waals surface area (Å²) in [4.78, 5) is 11.6. The van der Waals surface area contributed by atoms with Crippen molar-refractivity contribution in [1.82, 2.24) is 5.32 Å². The first-order valence-electron chi connectivity index (χ1n) is 5.74. The molecule has 1 fully saturated rings. The van der Waals surface area contributed by atoms with Gasteiger partial charge in [0, 0.05) is 35.3 Å². The first kappa shape index (κ1) is 13.2. The molecule has 1 aliphatic heterocycles. The molecule has 1 amide bonds. The SMILES string of the molecule is O=C(CS(=O)CC1CNC1)Nc1cccc(F)c1. The third-order valence-electron chi connectivity index (χ3n) is 2.69. The monoisotopic (exact) mass is 270 g/mol. The maximum atomic E-state index is 12.9. The number of hydrogen-bond donors (Lipinski definition) is 2. The minimum absolute atomic E-state index is 0.0347. The summed E-state index contributed by atoms with van der Waals surface area (Å²) < 4.78 is 24.5. The van der Waals surface area contributed by atoms with E-state index >= 15 is 0 Å². The molecule has 1 aromatic rings. The minimum atomic E-state index is -1.15. The lowest BCUT2D eigenvalue weighted by Crippen LogP contribution is -2.45. The molecule has 1 aliphatic rings. The predicted octanol–water partition coefficient (Wildman–Crippen LogP) is 0.732. The number of benzene rings is 1. The number of halogens is 1. The van der Waals surface area contributed by atoms with Gasteiger partial charge >= 0.3 is 0 Å². The molecule has 2 N–H and O–H groups in total. The fraction of sp³-hybridized carbons (Fsp3) is 0.417. The Kier molecular flexibility index (Phi) is 4.43. The van der Waals surface area contributed by atoms with Gasteiger partial charge in [-0.25, -0.2) is 4.39 Å². The van der Waals surface area contributed by atoms with Crippen molar-refractivity contribution >= 4 is 22.4 Å². The molecule has 2 rings (SSSR count). The summed E-state index contributed by atoms with van der Waals surface area (Å²) in [5, 5.41) is 5.62. The van der Waals surface area contributed by atoms with Crippen LogP contribution in [0.1, 0.15) is 0 Å². The Morgan fingerprint density at radius 1 is 1.50 bits per heavy atom. The second-order valence-corrected chi connectivity index (χ2v) is 5.84. The van der Waals surface area contributed by atoms with E-state index in [9.17, 15) is 13.4 Å². The number of nitrogens with one attached hydrogen (secondary N) is 2. The van der Waals surface area contributed by atoms with Crippen LogP contribution in [0, 0.1) is 11.7 Å². The molecule has 0 saturated carbocycles. The van der Waals surface area contributed by atoms with Crippen LogP contribution < -0.4 is 10.6 Å². The molecule has 1 unspecified atom stereocenters. The second-order valence-electron chi connectivity index (χ2n) is 4.33. The smallest absolute Gasteiger partial charge is 0.236 e. The van der Waals surface area contributed by atoms with E-state index in [0.29, 0.717) is 17.4 Å². The lowest BCUT2D eigenvalue weighted by atomic mass is 10.1. The van der Waals surface area contributed by atoms with Crippen LogP contribution in [0.3, 0.4) is 0 Å². The molecule has 1 aromatic carbocycles. The lowest BCUT2D eigenvalue weighted by molar-refractivity contribution is -0.113. The molecule has 1 atom stereocenters. The van der Waals surface area contributed by atoms with Crippen LogP contribution in [0.15, 0.2) is 24.3 Å². The van der Waals surface area contributed by atoms with Crippen LogP contribution >= 0.6 is 0 Å². The van der Waals surface area contributed by atoms with Crippen molar-refractivity contribution in [3.8, 4) is 0 Å². The maximum Gasteiger partial charge on any atom is 0.236 e. The van der Waals surface area contributed by atoms with E-state index in [1.807, 2.05) is 0 Å². The van der Waals surface area contributed by atoms with Crippen LogP contribution in [0.2, 0.25) is 0 Å². The highest BCUT2D eigenvalue weighted by atomic mass is 32.2. The molecule has 6 heteroatoms. The molecule has 0 bridgehead atoms. The van der Waals surface area contributed by atoms with E-state index in [1.165, 1.54) is 18.2 Å². The fourth-order valence-electron chi connectivity index (χ4n) is 1.70. The maximum absolute atomic E-state index is 12.9. The molecular formula is C12H15FN2O2S. The first-order chi connectivity index (χ1) is 8.63. The van der Waals surface area contributed by atoms with Crippen LogP contribution in [0.4, 0.5) is 10.1 Å². The third kappa shape index (κ3) is 3.89. The summed E-state index contributed by atoms with van der Waals surface area (Å²) in [7, 11) is -1.15. The van der Waals surface area contributed by atoms with Crippen molar-refractivity contribution in [2.45, 2.75) is 0 Å². The van der Waals surface area contributed by atoms with Gasteiger partial charge < -0.3 is 10.6 Å². The van der Waals surface area contributed by atoms with E-state index in [1.54, 1.807) is 6.07 Å². The van der Waals surface area contributed by atoms with E-state index in [4.69, 9.17) is 0 Å². The summed E-state index contributed by atoms with van der Waals surface area (Å²) in [5.74, 6) is 0.171. The number of carbonyl (C=O) groups is 1. The second kappa shape index (κ2) is 6.06. The largest absolute Gasteiger partial charge is 0.325 e. The Labute approximate surface area is 107 Å². The molecule has 98 valence electrons. The van der Waals surface area contributed by atoms with Crippen LogP contribution in [-0.2, 0) is 15.6 Å². The van der Waals surface area contributed by atoms with E-state index in [2.05, 4.69) is 10.6 Å². The van der Waals surface area contributed by atoms with Crippen molar-refractivity contribution in [3.05, 3.63) is 30.1 Å². The van der Waals surface area contributed by atoms with Crippen LogP contribution in [0.5, 0.6) is 0 Å². The highest BCUT2D eigenvalue weighted by Crippen LogP contribution is 2.09. The fourth-order valence-corrected chi connectivity index (χ4v) is 2.94. The van der Waals surface area contributed by atoms with Crippen LogP contribution in [-0.4, -0.2) is 34.7 Å². The Bertz CT molecular complexity index is 463. The summed E-state index contributed by atoms with van der Waals surface area (Å²) in [5.41, 5.74) is 0.391. The highest BCUT2D eigenvalue weighted by molar-refractivity contribution is 7.85. The summed E-state index contributed by atoms with van der Waals surface area (Å²) in [6.45, 7) is 1.74. The van der Waals surface area contributed by atoms with Crippen molar-refractivity contribution in [3.63, 3.8) is 0 Å². The number of anilines is 1. The average Bonchev–Trinajstić information content (AvgIpc) is 2.23. The van der Waals surface area contributed by atoms with Gasteiger partial charge in [-0.05, 0) is 24.1 Å². The van der Waals surface area contributed by atoms with Gasteiger partial charge in [-0.3, -0.25) is 9.00 Å². The number of hydrogen-bond acceptors (Lipinski definition) is 3. The standard InChI is InChI=1S/C12H15FN2O2S/c13-10-2-1-3-11(4-10)15-12(16)8-18(17)7-9-5-14-6-9/h1-4,9,14H,5-8H2,(H,15,16). The van der Waals surface area contributed by atoms with E-state index in [-0.39, 0.29) is 11.7 Å². The topological polar surface area (TPSA) is 58.2 Å². The highest BCUT2D eigenvalue weighted by Gasteiger charge is 2.20. The minimum Gasteiger partial charge on any atom is -0.325 e. The molecule has 0 radical (unpaired) electrons. The molecule has 4 nitrogen and oxygen atoms in total. The summed E-state index contributed by atoms with van der Waals surface area (Å²) in [6, 6.07) is 5.65. The van der Waals surface area contributed by atoms with Crippen molar-refractivity contribution in [2.24, 2.45) is 5.92 Å². The molecule has 1 heterocycles. The lowest BCUT2D eigenvalue weighted by Gasteiger charge is -2.26. The molecule has 0 aromatic heterocycles. The zero-order valence-electron chi connectivity index (χ0n) is 9.82. The predicted molar refractivity (Wildman–Crippen MR) is 69.3 cm³/mol. The number of amides is 1. The normalized spacial score (nSPS) is 16.9. The summed E-state index contributed by atoms with van der Waals surface area (Å²) in [6.07, 6.45) is 0. The van der Waals surface area contributed by atoms with E-state index < -0.39 is 16.6 Å². The zero-order chi connectivity index (χ0) is 13.0. The van der Waals surface area contributed by atoms with Crippen molar-refractivity contribution < 1.29 is 13.4 Å². The first-order valence-corrected chi connectivity index (χ1v) is 7.23. The molecule has 18 heavy (non-hydrogen) atoms. The van der Waals surface area contributed by atoms with E-state index in [0.717, 1.165) is 13.1 Å². The Morgan fingerprint density at radius 3 is 2.89 bits per heavy atom. The van der Waals surface area contributed by atoms with Gasteiger partial charge in [-0.15, -0.1) is 0 Å². The van der Waals surface area contributed by atoms with Gasteiger partial charge in [0.1, 0.15) is 11.6 Å². The third-order valence-corrected chi connectivity index (χ3v) is 4.12. The molecule has 0 spiro atoms. The Balaban J connectivity index is 1.79. The Hall–Kier alpha value is -1.27. The number of rotatable bonds is 5. The average molecular weight is 270 g/mol. The number of carbonyl (C=O) groups excluding carboxylic acids is 1.